The lowest BCUT2D eigenvalue weighted by atomic mass is 9.98. The van der Waals surface area contributed by atoms with Gasteiger partial charge in [-0.1, -0.05) is 25.5 Å². The van der Waals surface area contributed by atoms with Crippen molar-refractivity contribution >= 4 is 0 Å². The van der Waals surface area contributed by atoms with E-state index in [-0.39, 0.29) is 5.54 Å². The monoisotopic (exact) mass is 207 g/mol. The van der Waals surface area contributed by atoms with Gasteiger partial charge in [0.15, 0.2) is 0 Å². The maximum absolute atomic E-state index is 9.32. The van der Waals surface area contributed by atoms with E-state index >= 15 is 0 Å². The number of aromatic hydroxyl groups is 1. The maximum atomic E-state index is 9.32. The first-order valence-corrected chi connectivity index (χ1v) is 5.56. The highest BCUT2D eigenvalue weighted by molar-refractivity contribution is 5.27. The average Bonchev–Trinajstić information content (AvgIpc) is 2.15. The number of hydrogen-bond acceptors (Lipinski definition) is 2. The van der Waals surface area contributed by atoms with Crippen LogP contribution in [0, 0.1) is 0 Å². The molecule has 1 aromatic carbocycles. The molecule has 0 saturated carbocycles. The molecule has 0 amide bonds. The lowest BCUT2D eigenvalue weighted by Gasteiger charge is -2.26. The van der Waals surface area contributed by atoms with Gasteiger partial charge in [0.25, 0.3) is 0 Å². The molecule has 0 saturated heterocycles. The molecule has 2 N–H and O–H groups in total. The summed E-state index contributed by atoms with van der Waals surface area (Å²) in [5, 5.41) is 12.8. The van der Waals surface area contributed by atoms with Crippen molar-refractivity contribution in [3.05, 3.63) is 29.8 Å². The quantitative estimate of drug-likeness (QED) is 0.777. The zero-order valence-corrected chi connectivity index (χ0v) is 9.88. The lowest BCUT2D eigenvalue weighted by Crippen LogP contribution is -2.38. The van der Waals surface area contributed by atoms with Crippen molar-refractivity contribution in [1.29, 1.82) is 0 Å². The molecule has 0 aliphatic carbocycles. The Balaban J connectivity index is 2.49. The van der Waals surface area contributed by atoms with Gasteiger partial charge in [-0.2, -0.15) is 0 Å². The molecule has 0 spiro atoms. The highest BCUT2D eigenvalue weighted by Crippen LogP contribution is 2.14. The third kappa shape index (κ3) is 4.34. The Bertz CT molecular complexity index is 307. The highest BCUT2D eigenvalue weighted by atomic mass is 16.3. The zero-order valence-electron chi connectivity index (χ0n) is 9.88. The van der Waals surface area contributed by atoms with Crippen LogP contribution in [0.3, 0.4) is 0 Å². The van der Waals surface area contributed by atoms with Crippen LogP contribution in [0.15, 0.2) is 24.3 Å². The molecule has 0 fully saturated rings. The van der Waals surface area contributed by atoms with Crippen molar-refractivity contribution in [1.82, 2.24) is 5.32 Å². The van der Waals surface area contributed by atoms with Gasteiger partial charge in [-0.25, -0.2) is 0 Å². The molecule has 0 aliphatic rings. The minimum Gasteiger partial charge on any atom is -0.508 e. The second-order valence-corrected chi connectivity index (χ2v) is 4.66. The summed E-state index contributed by atoms with van der Waals surface area (Å²) < 4.78 is 0. The molecule has 1 rings (SSSR count). The van der Waals surface area contributed by atoms with Gasteiger partial charge in [0, 0.05) is 12.1 Å². The Kier molecular flexibility index (Phi) is 4.15. The molecule has 84 valence electrons. The van der Waals surface area contributed by atoms with Crippen molar-refractivity contribution in [3.63, 3.8) is 0 Å². The smallest absolute Gasteiger partial charge is 0.115 e. The van der Waals surface area contributed by atoms with E-state index in [0.717, 1.165) is 18.5 Å². The molecule has 0 unspecified atom stereocenters. The van der Waals surface area contributed by atoms with E-state index in [2.05, 4.69) is 26.1 Å². The number of phenolic OH excluding ortho intramolecular Hbond substituents is 1. The Morgan fingerprint density at radius 1 is 1.33 bits per heavy atom. The van der Waals surface area contributed by atoms with E-state index in [4.69, 9.17) is 0 Å². The molecule has 0 atom stereocenters. The third-order valence-electron chi connectivity index (χ3n) is 2.56. The second kappa shape index (κ2) is 5.17. The summed E-state index contributed by atoms with van der Waals surface area (Å²) in [5.41, 5.74) is 1.29. The van der Waals surface area contributed by atoms with Crippen LogP contribution in [-0.4, -0.2) is 10.6 Å². The predicted molar refractivity (Wildman–Crippen MR) is 63.9 cm³/mol. The van der Waals surface area contributed by atoms with Gasteiger partial charge in [-0.15, -0.1) is 0 Å². The van der Waals surface area contributed by atoms with Gasteiger partial charge in [-0.05, 0) is 38.0 Å². The first-order valence-electron chi connectivity index (χ1n) is 5.56. The fourth-order valence-electron chi connectivity index (χ4n) is 1.72. The van der Waals surface area contributed by atoms with Gasteiger partial charge < -0.3 is 10.4 Å². The van der Waals surface area contributed by atoms with Gasteiger partial charge in [-0.3, -0.25) is 0 Å². The molecule has 0 aliphatic heterocycles. The molecule has 0 bridgehead atoms. The van der Waals surface area contributed by atoms with Crippen molar-refractivity contribution in [3.8, 4) is 5.75 Å². The molecule has 1 aromatic rings. The normalized spacial score (nSPS) is 11.7. The van der Waals surface area contributed by atoms with Gasteiger partial charge in [0.1, 0.15) is 5.75 Å². The Hall–Kier alpha value is -1.02. The summed E-state index contributed by atoms with van der Waals surface area (Å²) in [6.45, 7) is 7.41. The molecule has 0 aromatic heterocycles. The van der Waals surface area contributed by atoms with Crippen LogP contribution in [0.5, 0.6) is 5.75 Å². The van der Waals surface area contributed by atoms with Crippen LogP contribution in [0.2, 0.25) is 0 Å². The Morgan fingerprint density at radius 2 is 2.07 bits per heavy atom. The zero-order chi connectivity index (χ0) is 11.3. The summed E-state index contributed by atoms with van der Waals surface area (Å²) in [4.78, 5) is 0. The Labute approximate surface area is 92.3 Å². The van der Waals surface area contributed by atoms with Crippen molar-refractivity contribution in [2.45, 2.75) is 45.7 Å². The van der Waals surface area contributed by atoms with Crippen LogP contribution >= 0.6 is 0 Å². The van der Waals surface area contributed by atoms with Gasteiger partial charge >= 0.3 is 0 Å². The van der Waals surface area contributed by atoms with E-state index in [0.29, 0.717) is 5.75 Å². The van der Waals surface area contributed by atoms with Crippen LogP contribution < -0.4 is 5.32 Å². The summed E-state index contributed by atoms with van der Waals surface area (Å²) in [5.74, 6) is 0.336. The highest BCUT2D eigenvalue weighted by Gasteiger charge is 2.14. The number of benzene rings is 1. The van der Waals surface area contributed by atoms with E-state index < -0.39 is 0 Å². The molecule has 2 heteroatoms. The molecular weight excluding hydrogens is 186 g/mol. The molecule has 2 nitrogen and oxygen atoms in total. The fraction of sp³-hybridized carbons (Fsp3) is 0.538. The van der Waals surface area contributed by atoms with E-state index in [1.807, 2.05) is 12.1 Å². The van der Waals surface area contributed by atoms with Gasteiger partial charge in [0.2, 0.25) is 0 Å². The number of phenols is 1. The first kappa shape index (κ1) is 12.1. The largest absolute Gasteiger partial charge is 0.508 e. The van der Waals surface area contributed by atoms with Crippen molar-refractivity contribution < 1.29 is 5.11 Å². The van der Waals surface area contributed by atoms with E-state index in [1.54, 1.807) is 12.1 Å². The van der Waals surface area contributed by atoms with Crippen molar-refractivity contribution in [2.24, 2.45) is 0 Å². The van der Waals surface area contributed by atoms with E-state index in [1.165, 1.54) is 6.42 Å². The average molecular weight is 207 g/mol. The summed E-state index contributed by atoms with van der Waals surface area (Å²) in [6.07, 6.45) is 2.34. The van der Waals surface area contributed by atoms with Crippen LogP contribution in [0.4, 0.5) is 0 Å². The van der Waals surface area contributed by atoms with Crippen molar-refractivity contribution in [2.75, 3.05) is 0 Å². The number of nitrogens with one attached hydrogen (secondary N) is 1. The maximum Gasteiger partial charge on any atom is 0.115 e. The minimum absolute atomic E-state index is 0.167. The van der Waals surface area contributed by atoms with Crippen LogP contribution in [0.25, 0.3) is 0 Å². The number of hydrogen-bond donors (Lipinski definition) is 2. The Morgan fingerprint density at radius 3 is 2.67 bits per heavy atom. The number of rotatable bonds is 5. The summed E-state index contributed by atoms with van der Waals surface area (Å²) >= 11 is 0. The first-order chi connectivity index (χ1) is 7.03. The third-order valence-corrected chi connectivity index (χ3v) is 2.56. The predicted octanol–water partition coefficient (Wildman–Crippen LogP) is 3.06. The standard InChI is InChI=1S/C13H21NO/c1-4-8-13(2,3)14-10-11-6-5-7-12(15)9-11/h5-7,9,14-15H,4,8,10H2,1-3H3. The van der Waals surface area contributed by atoms with Gasteiger partial charge in [0.05, 0.1) is 0 Å². The topological polar surface area (TPSA) is 32.3 Å². The summed E-state index contributed by atoms with van der Waals surface area (Å²) in [7, 11) is 0. The van der Waals surface area contributed by atoms with Crippen LogP contribution in [-0.2, 0) is 6.54 Å². The lowest BCUT2D eigenvalue weighted by molar-refractivity contribution is 0.356. The fourth-order valence-corrected chi connectivity index (χ4v) is 1.72. The molecular formula is C13H21NO. The van der Waals surface area contributed by atoms with E-state index in [9.17, 15) is 5.11 Å². The molecule has 0 radical (unpaired) electrons. The minimum atomic E-state index is 0.167. The van der Waals surface area contributed by atoms with Crippen LogP contribution in [0.1, 0.15) is 39.2 Å². The summed E-state index contributed by atoms with van der Waals surface area (Å²) in [6, 6.07) is 7.39. The SMILES string of the molecule is CCCC(C)(C)NCc1cccc(O)c1. The molecule has 15 heavy (non-hydrogen) atoms. The second-order valence-electron chi connectivity index (χ2n) is 4.66. The molecule has 0 heterocycles.